The molecule has 1 aliphatic rings. The molecule has 1 aliphatic heterocycles. The average Bonchev–Trinajstić information content (AvgIpc) is 2.26. The van der Waals surface area contributed by atoms with Crippen LogP contribution in [0, 0.1) is 5.92 Å². The minimum absolute atomic E-state index is 0.0262. The van der Waals surface area contributed by atoms with E-state index >= 15 is 0 Å². The maximum atomic E-state index is 11.9. The Hall–Kier alpha value is -1.04. The first-order valence-corrected chi connectivity index (χ1v) is 10.4. The largest absolute Gasteiger partial charge is 0.504 e. The molecule has 1 N–H and O–H groups in total. The van der Waals surface area contributed by atoms with Gasteiger partial charge in [0, 0.05) is 25.0 Å². The Morgan fingerprint density at radius 3 is 2.16 bits per heavy atom. The van der Waals surface area contributed by atoms with Crippen LogP contribution in [0.2, 0.25) is 19.6 Å². The summed E-state index contributed by atoms with van der Waals surface area (Å²) in [6.07, 6.45) is 1.22. The van der Waals surface area contributed by atoms with Gasteiger partial charge in [0.05, 0.1) is 0 Å². The van der Waals surface area contributed by atoms with E-state index < -0.39 is 8.32 Å². The third-order valence-corrected chi connectivity index (χ3v) is 3.74. The molecule has 0 aliphatic carbocycles. The molecule has 1 fully saturated rings. The van der Waals surface area contributed by atoms with Crippen molar-refractivity contribution in [2.24, 2.45) is 5.92 Å². The first-order valence-electron chi connectivity index (χ1n) is 6.97. The summed E-state index contributed by atoms with van der Waals surface area (Å²) >= 11 is 0. The smallest absolute Gasteiger partial charge is 0.396 e. The van der Waals surface area contributed by atoms with Crippen LogP contribution >= 0.6 is 0 Å². The van der Waals surface area contributed by atoms with Gasteiger partial charge in [-0.3, -0.25) is 4.79 Å². The Bertz CT molecular complexity index is 331. The molecule has 110 valence electrons. The minimum atomic E-state index is -1.84. The van der Waals surface area contributed by atoms with Crippen molar-refractivity contribution in [2.45, 2.75) is 52.4 Å². The highest BCUT2D eigenvalue weighted by Crippen LogP contribution is 2.19. The minimum Gasteiger partial charge on any atom is -0.504 e. The van der Waals surface area contributed by atoms with E-state index in [0.29, 0.717) is 13.1 Å². The molecule has 19 heavy (non-hydrogen) atoms. The van der Waals surface area contributed by atoms with Crippen LogP contribution in [0.15, 0.2) is 0 Å². The summed E-state index contributed by atoms with van der Waals surface area (Å²) in [6, 6.07) is 0.169. The van der Waals surface area contributed by atoms with Crippen molar-refractivity contribution in [3.8, 4) is 0 Å². The van der Waals surface area contributed by atoms with E-state index in [1.54, 1.807) is 4.90 Å². The first-order chi connectivity index (χ1) is 8.69. The van der Waals surface area contributed by atoms with Crippen LogP contribution < -0.4 is 5.32 Å². The highest BCUT2D eigenvalue weighted by molar-refractivity contribution is 6.71. The van der Waals surface area contributed by atoms with E-state index in [9.17, 15) is 9.59 Å². The molecule has 2 amide bonds. The Labute approximate surface area is 116 Å². The van der Waals surface area contributed by atoms with Gasteiger partial charge in [0.25, 0.3) is 0 Å². The van der Waals surface area contributed by atoms with Crippen molar-refractivity contribution in [1.82, 2.24) is 10.2 Å². The van der Waals surface area contributed by atoms with Crippen molar-refractivity contribution in [1.29, 1.82) is 0 Å². The number of carbonyl (C=O) groups excluding carboxylic acids is 2. The molecule has 1 saturated heterocycles. The van der Waals surface area contributed by atoms with Gasteiger partial charge < -0.3 is 14.6 Å². The molecular weight excluding hydrogens is 260 g/mol. The Kier molecular flexibility index (Phi) is 5.40. The SMILES string of the molecule is CC(C)NC(=O)C1CCN(C(=O)O[Si](C)(C)C)CC1. The zero-order valence-electron chi connectivity index (χ0n) is 12.7. The lowest BCUT2D eigenvalue weighted by atomic mass is 9.96. The van der Waals surface area contributed by atoms with Crippen LogP contribution in [0.5, 0.6) is 0 Å². The Balaban J connectivity index is 2.40. The van der Waals surface area contributed by atoms with E-state index in [4.69, 9.17) is 4.43 Å². The molecular formula is C13H26N2O3Si. The molecule has 0 saturated carbocycles. The first kappa shape index (κ1) is 16.0. The number of carbonyl (C=O) groups is 2. The fraction of sp³-hybridized carbons (Fsp3) is 0.846. The molecule has 0 atom stereocenters. The van der Waals surface area contributed by atoms with Crippen LogP contribution in [-0.2, 0) is 9.22 Å². The molecule has 0 bridgehead atoms. The van der Waals surface area contributed by atoms with E-state index in [0.717, 1.165) is 12.8 Å². The highest BCUT2D eigenvalue weighted by Gasteiger charge is 2.30. The molecule has 6 heteroatoms. The lowest BCUT2D eigenvalue weighted by Crippen LogP contribution is -2.46. The topological polar surface area (TPSA) is 58.6 Å². The summed E-state index contributed by atoms with van der Waals surface area (Å²) < 4.78 is 5.46. The van der Waals surface area contributed by atoms with Crippen molar-refractivity contribution in [2.75, 3.05) is 13.1 Å². The highest BCUT2D eigenvalue weighted by atomic mass is 28.4. The molecule has 1 rings (SSSR count). The van der Waals surface area contributed by atoms with Crippen molar-refractivity contribution in [3.05, 3.63) is 0 Å². The van der Waals surface area contributed by atoms with Crippen molar-refractivity contribution in [3.63, 3.8) is 0 Å². The van der Waals surface area contributed by atoms with E-state index in [2.05, 4.69) is 5.32 Å². The quantitative estimate of drug-likeness (QED) is 0.809. The van der Waals surface area contributed by atoms with Crippen molar-refractivity contribution < 1.29 is 14.0 Å². The molecule has 1 heterocycles. The standard InChI is InChI=1S/C13H26N2O3Si/c1-10(2)14-12(16)11-6-8-15(9-7-11)13(17)18-19(3,4)5/h10-11H,6-9H2,1-5H3,(H,14,16). The lowest BCUT2D eigenvalue weighted by Gasteiger charge is -2.33. The second-order valence-corrected chi connectivity index (χ2v) is 10.8. The molecule has 0 radical (unpaired) electrons. The third-order valence-electron chi connectivity index (χ3n) is 2.95. The van der Waals surface area contributed by atoms with Crippen molar-refractivity contribution >= 4 is 20.3 Å². The van der Waals surface area contributed by atoms with Gasteiger partial charge in [0.1, 0.15) is 0 Å². The van der Waals surface area contributed by atoms with Gasteiger partial charge in [0.2, 0.25) is 14.2 Å². The predicted molar refractivity (Wildman–Crippen MR) is 77.4 cm³/mol. The number of hydrogen-bond acceptors (Lipinski definition) is 3. The number of piperidine rings is 1. The zero-order valence-corrected chi connectivity index (χ0v) is 13.7. The molecule has 0 aromatic heterocycles. The van der Waals surface area contributed by atoms with Crippen LogP contribution in [0.1, 0.15) is 26.7 Å². The number of amides is 2. The number of nitrogens with zero attached hydrogens (tertiary/aromatic N) is 1. The maximum absolute atomic E-state index is 11.9. The summed E-state index contributed by atoms with van der Waals surface area (Å²) in [5, 5.41) is 2.93. The van der Waals surface area contributed by atoms with Gasteiger partial charge in [-0.1, -0.05) is 0 Å². The second kappa shape index (κ2) is 6.41. The number of rotatable bonds is 3. The zero-order chi connectivity index (χ0) is 14.6. The van der Waals surface area contributed by atoms with Gasteiger partial charge in [-0.15, -0.1) is 0 Å². The van der Waals surface area contributed by atoms with Crippen LogP contribution in [-0.4, -0.2) is 44.3 Å². The fourth-order valence-corrected chi connectivity index (χ4v) is 2.71. The monoisotopic (exact) mass is 286 g/mol. The molecule has 5 nitrogen and oxygen atoms in total. The summed E-state index contributed by atoms with van der Waals surface area (Å²) in [7, 11) is -1.84. The van der Waals surface area contributed by atoms with Gasteiger partial charge in [-0.05, 0) is 46.3 Å². The average molecular weight is 286 g/mol. The second-order valence-electron chi connectivity index (χ2n) is 6.40. The summed E-state index contributed by atoms with van der Waals surface area (Å²) in [5.74, 6) is 0.131. The lowest BCUT2D eigenvalue weighted by molar-refractivity contribution is -0.126. The van der Waals surface area contributed by atoms with E-state index in [1.807, 2.05) is 33.5 Å². The molecule has 0 aromatic rings. The summed E-state index contributed by atoms with van der Waals surface area (Å²) in [6.45, 7) is 11.1. The summed E-state index contributed by atoms with van der Waals surface area (Å²) in [4.78, 5) is 25.5. The van der Waals surface area contributed by atoms with Crippen LogP contribution in [0.4, 0.5) is 4.79 Å². The molecule has 0 unspecified atom stereocenters. The van der Waals surface area contributed by atoms with Gasteiger partial charge in [0.15, 0.2) is 0 Å². The predicted octanol–water partition coefficient (Wildman–Crippen LogP) is 2.19. The molecule has 0 spiro atoms. The van der Waals surface area contributed by atoms with E-state index in [-0.39, 0.29) is 24.0 Å². The summed E-state index contributed by atoms with van der Waals surface area (Å²) in [5.41, 5.74) is 0. The number of nitrogens with one attached hydrogen (secondary N) is 1. The normalized spacial score (nSPS) is 17.5. The van der Waals surface area contributed by atoms with Gasteiger partial charge in [-0.2, -0.15) is 0 Å². The third kappa shape index (κ3) is 5.63. The van der Waals surface area contributed by atoms with Gasteiger partial charge in [-0.25, -0.2) is 4.79 Å². The van der Waals surface area contributed by atoms with Crippen LogP contribution in [0.3, 0.4) is 0 Å². The maximum Gasteiger partial charge on any atom is 0.396 e. The fourth-order valence-electron chi connectivity index (χ4n) is 2.05. The van der Waals surface area contributed by atoms with Gasteiger partial charge >= 0.3 is 6.09 Å². The van der Waals surface area contributed by atoms with Crippen LogP contribution in [0.25, 0.3) is 0 Å². The number of likely N-dealkylation sites (tertiary alicyclic amines) is 1. The Morgan fingerprint density at radius 1 is 1.21 bits per heavy atom. The van der Waals surface area contributed by atoms with E-state index in [1.165, 1.54) is 0 Å². The Morgan fingerprint density at radius 2 is 1.74 bits per heavy atom. The number of hydrogen-bond donors (Lipinski definition) is 1. The molecule has 0 aromatic carbocycles.